The predicted octanol–water partition coefficient (Wildman–Crippen LogP) is 2.01. The van der Waals surface area contributed by atoms with Crippen molar-refractivity contribution in [3.05, 3.63) is 35.4 Å². The molecule has 24 heavy (non-hydrogen) atoms. The van der Waals surface area contributed by atoms with Crippen molar-refractivity contribution in [2.24, 2.45) is 5.92 Å². The average Bonchev–Trinajstić information content (AvgIpc) is 2.81. The highest BCUT2D eigenvalue weighted by Crippen LogP contribution is 2.29. The molecule has 1 aromatic rings. The number of hydrogen-bond acceptors (Lipinski definition) is 4. The monoisotopic (exact) mass is 326 g/mol. The molecule has 6 nitrogen and oxygen atoms in total. The second-order valence-corrected chi connectivity index (χ2v) is 6.92. The summed E-state index contributed by atoms with van der Waals surface area (Å²) in [4.78, 5) is 28.7. The van der Waals surface area contributed by atoms with Gasteiger partial charge in [0.2, 0.25) is 0 Å². The highest BCUT2D eigenvalue weighted by Gasteiger charge is 2.49. The number of nitriles is 1. The number of nitrogens with one attached hydrogen (secondary N) is 1. The molecule has 3 rings (SSSR count). The zero-order valence-corrected chi connectivity index (χ0v) is 14.1. The van der Waals surface area contributed by atoms with Crippen LogP contribution in [0.4, 0.5) is 4.79 Å². The second-order valence-electron chi connectivity index (χ2n) is 6.92. The van der Waals surface area contributed by atoms with E-state index in [4.69, 9.17) is 5.26 Å². The number of carbonyl (C=O) groups excluding carboxylic acids is 2. The first-order chi connectivity index (χ1) is 11.4. The fourth-order valence-electron chi connectivity index (χ4n) is 3.30. The molecule has 0 saturated carbocycles. The molecule has 1 atom stereocenters. The SMILES string of the molecule is CC1CCN(CN2C(=O)NC(C)(c3ccc(C#N)cc3)C2=O)CC1. The Kier molecular flexibility index (Phi) is 4.29. The summed E-state index contributed by atoms with van der Waals surface area (Å²) >= 11 is 0. The van der Waals surface area contributed by atoms with E-state index in [1.165, 1.54) is 4.90 Å². The molecule has 1 unspecified atom stereocenters. The zero-order valence-electron chi connectivity index (χ0n) is 14.1. The van der Waals surface area contributed by atoms with Gasteiger partial charge in [-0.2, -0.15) is 5.26 Å². The van der Waals surface area contributed by atoms with E-state index in [-0.39, 0.29) is 11.9 Å². The summed E-state index contributed by atoms with van der Waals surface area (Å²) in [5.74, 6) is 0.462. The molecule has 0 aromatic heterocycles. The summed E-state index contributed by atoms with van der Waals surface area (Å²) in [5.41, 5.74) is 0.141. The highest BCUT2D eigenvalue weighted by molar-refractivity contribution is 6.07. The van der Waals surface area contributed by atoms with Crippen molar-refractivity contribution >= 4 is 11.9 Å². The summed E-state index contributed by atoms with van der Waals surface area (Å²) < 4.78 is 0. The molecule has 2 aliphatic heterocycles. The number of piperidine rings is 1. The van der Waals surface area contributed by atoms with Crippen LogP contribution in [-0.2, 0) is 10.3 Å². The minimum atomic E-state index is -1.08. The van der Waals surface area contributed by atoms with Gasteiger partial charge in [0.1, 0.15) is 5.54 Å². The molecule has 6 heteroatoms. The van der Waals surface area contributed by atoms with Crippen molar-refractivity contribution in [1.29, 1.82) is 5.26 Å². The van der Waals surface area contributed by atoms with E-state index >= 15 is 0 Å². The van der Waals surface area contributed by atoms with Crippen LogP contribution in [0.15, 0.2) is 24.3 Å². The van der Waals surface area contributed by atoms with Crippen molar-refractivity contribution in [2.75, 3.05) is 19.8 Å². The predicted molar refractivity (Wildman–Crippen MR) is 88.7 cm³/mol. The van der Waals surface area contributed by atoms with Crippen LogP contribution in [0.3, 0.4) is 0 Å². The molecule has 2 aliphatic rings. The van der Waals surface area contributed by atoms with E-state index in [2.05, 4.69) is 23.2 Å². The molecule has 1 N–H and O–H groups in total. The number of imide groups is 1. The number of benzene rings is 1. The van der Waals surface area contributed by atoms with Gasteiger partial charge in [-0.3, -0.25) is 9.69 Å². The van der Waals surface area contributed by atoms with Gasteiger partial charge in [-0.05, 0) is 43.4 Å². The Bertz CT molecular complexity index is 686. The quantitative estimate of drug-likeness (QED) is 0.862. The van der Waals surface area contributed by atoms with Crippen LogP contribution in [0.1, 0.15) is 37.8 Å². The summed E-state index contributed by atoms with van der Waals surface area (Å²) in [5, 5.41) is 11.7. The van der Waals surface area contributed by atoms with Crippen molar-refractivity contribution in [1.82, 2.24) is 15.1 Å². The largest absolute Gasteiger partial charge is 0.326 e. The van der Waals surface area contributed by atoms with E-state index in [0.717, 1.165) is 25.9 Å². The minimum absolute atomic E-state index is 0.240. The molecule has 0 bridgehead atoms. The van der Waals surface area contributed by atoms with E-state index < -0.39 is 5.54 Å². The zero-order chi connectivity index (χ0) is 17.3. The normalized spacial score (nSPS) is 25.6. The number of nitrogens with zero attached hydrogens (tertiary/aromatic N) is 3. The maximum absolute atomic E-state index is 12.9. The lowest BCUT2D eigenvalue weighted by Crippen LogP contribution is -2.46. The van der Waals surface area contributed by atoms with E-state index in [1.807, 2.05) is 0 Å². The van der Waals surface area contributed by atoms with Crippen molar-refractivity contribution in [2.45, 2.75) is 32.2 Å². The number of urea groups is 1. The van der Waals surface area contributed by atoms with Crippen LogP contribution in [-0.4, -0.2) is 41.5 Å². The lowest BCUT2D eigenvalue weighted by Gasteiger charge is -2.32. The van der Waals surface area contributed by atoms with Crippen LogP contribution in [0, 0.1) is 17.2 Å². The molecule has 3 amide bonds. The maximum Gasteiger partial charge on any atom is 0.326 e. The van der Waals surface area contributed by atoms with Crippen LogP contribution < -0.4 is 5.32 Å². The standard InChI is InChI=1S/C18H22N4O2/c1-13-7-9-21(10-8-13)12-22-16(23)18(2,20-17(22)24)15-5-3-14(11-19)4-6-15/h3-6,13H,7-10,12H2,1-2H3,(H,20,24). The average molecular weight is 326 g/mol. The fraction of sp³-hybridized carbons (Fsp3) is 0.500. The van der Waals surface area contributed by atoms with Gasteiger partial charge < -0.3 is 5.32 Å². The lowest BCUT2D eigenvalue weighted by molar-refractivity contribution is -0.132. The van der Waals surface area contributed by atoms with Gasteiger partial charge in [0.25, 0.3) is 5.91 Å². The third kappa shape index (κ3) is 2.87. The van der Waals surface area contributed by atoms with Gasteiger partial charge >= 0.3 is 6.03 Å². The number of amides is 3. The number of hydrogen-bond donors (Lipinski definition) is 1. The highest BCUT2D eigenvalue weighted by atomic mass is 16.2. The Morgan fingerprint density at radius 3 is 2.46 bits per heavy atom. The third-order valence-electron chi connectivity index (χ3n) is 5.08. The Morgan fingerprint density at radius 1 is 1.25 bits per heavy atom. The fourth-order valence-corrected chi connectivity index (χ4v) is 3.30. The summed E-state index contributed by atoms with van der Waals surface area (Å²) in [6.45, 7) is 6.10. The summed E-state index contributed by atoms with van der Waals surface area (Å²) in [6, 6.07) is 8.47. The first-order valence-corrected chi connectivity index (χ1v) is 8.31. The Hall–Kier alpha value is -2.39. The lowest BCUT2D eigenvalue weighted by atomic mass is 9.91. The molecule has 0 aliphatic carbocycles. The Labute approximate surface area is 142 Å². The molecule has 0 radical (unpaired) electrons. The first kappa shape index (κ1) is 16.5. The molecule has 2 fully saturated rings. The number of rotatable bonds is 3. The second kappa shape index (κ2) is 6.25. The Balaban J connectivity index is 1.76. The van der Waals surface area contributed by atoms with Gasteiger partial charge in [0.15, 0.2) is 0 Å². The molecular weight excluding hydrogens is 304 g/mol. The van der Waals surface area contributed by atoms with Crippen molar-refractivity contribution < 1.29 is 9.59 Å². The number of likely N-dealkylation sites (tertiary alicyclic amines) is 1. The van der Waals surface area contributed by atoms with Gasteiger partial charge in [-0.1, -0.05) is 19.1 Å². The Morgan fingerprint density at radius 2 is 1.88 bits per heavy atom. The van der Waals surface area contributed by atoms with Crippen molar-refractivity contribution in [3.8, 4) is 6.07 Å². The van der Waals surface area contributed by atoms with Gasteiger partial charge in [0, 0.05) is 13.1 Å². The van der Waals surface area contributed by atoms with Gasteiger partial charge in [-0.15, -0.1) is 0 Å². The smallest absolute Gasteiger partial charge is 0.319 e. The van der Waals surface area contributed by atoms with Crippen LogP contribution in [0.25, 0.3) is 0 Å². The maximum atomic E-state index is 12.9. The molecular formula is C18H22N4O2. The molecule has 0 spiro atoms. The topological polar surface area (TPSA) is 76.4 Å². The molecule has 126 valence electrons. The third-order valence-corrected chi connectivity index (χ3v) is 5.08. The van der Waals surface area contributed by atoms with Gasteiger partial charge in [0.05, 0.1) is 18.3 Å². The minimum Gasteiger partial charge on any atom is -0.319 e. The van der Waals surface area contributed by atoms with Crippen LogP contribution in [0.5, 0.6) is 0 Å². The first-order valence-electron chi connectivity index (χ1n) is 8.31. The van der Waals surface area contributed by atoms with E-state index in [9.17, 15) is 9.59 Å². The van der Waals surface area contributed by atoms with Gasteiger partial charge in [-0.25, -0.2) is 9.69 Å². The molecule has 2 heterocycles. The molecule has 2 saturated heterocycles. The van der Waals surface area contributed by atoms with E-state index in [1.54, 1.807) is 31.2 Å². The summed E-state index contributed by atoms with van der Waals surface area (Å²) in [6.07, 6.45) is 2.19. The molecule has 1 aromatic carbocycles. The van der Waals surface area contributed by atoms with Crippen LogP contribution in [0.2, 0.25) is 0 Å². The van der Waals surface area contributed by atoms with Crippen LogP contribution >= 0.6 is 0 Å². The number of carbonyl (C=O) groups is 2. The van der Waals surface area contributed by atoms with E-state index in [0.29, 0.717) is 23.7 Å². The van der Waals surface area contributed by atoms with Crippen molar-refractivity contribution in [3.63, 3.8) is 0 Å². The summed E-state index contributed by atoms with van der Waals surface area (Å²) in [7, 11) is 0.